The second-order valence-corrected chi connectivity index (χ2v) is 6.94. The number of ether oxygens (including phenoxy) is 1. The molecule has 0 aromatic carbocycles. The molecule has 0 spiro atoms. The highest BCUT2D eigenvalue weighted by Gasteiger charge is 2.30. The number of unbranched alkanes of at least 4 members (excludes halogenated alkanes) is 1. The Morgan fingerprint density at radius 3 is 2.56 bits per heavy atom. The number of nitrogens with zero attached hydrogens (tertiary/aromatic N) is 4. The van der Waals surface area contributed by atoms with Gasteiger partial charge < -0.3 is 24.8 Å². The lowest BCUT2D eigenvalue weighted by molar-refractivity contribution is -0.142. The van der Waals surface area contributed by atoms with Gasteiger partial charge in [-0.05, 0) is 32.9 Å². The molecule has 2 aliphatic rings. The highest BCUT2D eigenvalue weighted by atomic mass is 16.5. The zero-order chi connectivity index (χ0) is 18.1. The summed E-state index contributed by atoms with van der Waals surface area (Å²) in [7, 11) is 3.99. The summed E-state index contributed by atoms with van der Waals surface area (Å²) in [6.07, 6.45) is 4.14. The first-order chi connectivity index (χ1) is 12.2. The first-order valence-corrected chi connectivity index (χ1v) is 9.70. The van der Waals surface area contributed by atoms with Crippen LogP contribution in [0.25, 0.3) is 0 Å². The lowest BCUT2D eigenvalue weighted by atomic mass is 10.2. The first-order valence-electron chi connectivity index (χ1n) is 9.70. The van der Waals surface area contributed by atoms with Crippen LogP contribution in [0.1, 0.15) is 32.6 Å². The van der Waals surface area contributed by atoms with Crippen LogP contribution in [0.3, 0.4) is 0 Å². The van der Waals surface area contributed by atoms with Crippen LogP contribution in [0.2, 0.25) is 0 Å². The van der Waals surface area contributed by atoms with Crippen LogP contribution in [0.4, 0.5) is 0 Å². The smallest absolute Gasteiger partial charge is 0.251 e. The van der Waals surface area contributed by atoms with E-state index in [1.807, 2.05) is 11.9 Å². The molecule has 0 aromatic heterocycles. The Morgan fingerprint density at radius 2 is 1.96 bits per heavy atom. The van der Waals surface area contributed by atoms with Crippen LogP contribution in [-0.4, -0.2) is 99.2 Å². The summed E-state index contributed by atoms with van der Waals surface area (Å²) in [5.74, 6) is 1.10. The van der Waals surface area contributed by atoms with Gasteiger partial charge in [-0.3, -0.25) is 9.79 Å². The Labute approximate surface area is 152 Å². The lowest BCUT2D eigenvalue weighted by Crippen LogP contribution is -2.55. The quantitative estimate of drug-likeness (QED) is 0.537. The molecule has 0 saturated carbocycles. The SMILES string of the molecule is CCCCN(C)CCNC(=NC)N1CCN(C(=O)C2CCCO2)CC1. The maximum atomic E-state index is 12.4. The van der Waals surface area contributed by atoms with E-state index in [0.29, 0.717) is 0 Å². The third-order valence-electron chi connectivity index (χ3n) is 4.98. The van der Waals surface area contributed by atoms with Crippen LogP contribution >= 0.6 is 0 Å². The standard InChI is InChI=1S/C18H35N5O2/c1-4-5-9-21(3)10-8-20-18(19-2)23-13-11-22(12-14-23)17(24)16-7-6-15-25-16/h16H,4-15H2,1-3H3,(H,19,20). The van der Waals surface area contributed by atoms with E-state index >= 15 is 0 Å². The molecule has 1 atom stereocenters. The van der Waals surface area contributed by atoms with Gasteiger partial charge in [-0.25, -0.2) is 0 Å². The molecule has 144 valence electrons. The van der Waals surface area contributed by atoms with Crippen molar-refractivity contribution in [1.82, 2.24) is 20.0 Å². The Hall–Kier alpha value is -1.34. The molecule has 2 heterocycles. The van der Waals surface area contributed by atoms with E-state index in [4.69, 9.17) is 4.74 Å². The highest BCUT2D eigenvalue weighted by molar-refractivity contribution is 5.82. The van der Waals surface area contributed by atoms with Crippen LogP contribution < -0.4 is 5.32 Å². The van der Waals surface area contributed by atoms with E-state index < -0.39 is 0 Å². The predicted molar refractivity (Wildman–Crippen MR) is 101 cm³/mol. The molecule has 7 heteroatoms. The third kappa shape index (κ3) is 6.15. The highest BCUT2D eigenvalue weighted by Crippen LogP contribution is 2.16. The minimum absolute atomic E-state index is 0.164. The second-order valence-electron chi connectivity index (χ2n) is 6.94. The van der Waals surface area contributed by atoms with Crippen LogP contribution in [0.15, 0.2) is 4.99 Å². The summed E-state index contributed by atoms with van der Waals surface area (Å²) in [4.78, 5) is 23.3. The topological polar surface area (TPSA) is 60.4 Å². The summed E-state index contributed by atoms with van der Waals surface area (Å²) < 4.78 is 5.52. The molecule has 0 bridgehead atoms. The van der Waals surface area contributed by atoms with Crippen LogP contribution in [0, 0.1) is 0 Å². The van der Waals surface area contributed by atoms with Gasteiger partial charge in [0.05, 0.1) is 0 Å². The monoisotopic (exact) mass is 353 g/mol. The van der Waals surface area contributed by atoms with Gasteiger partial charge in [-0.15, -0.1) is 0 Å². The fourth-order valence-electron chi connectivity index (χ4n) is 3.35. The number of rotatable bonds is 7. The first kappa shape index (κ1) is 20.0. The van der Waals surface area contributed by atoms with Crippen molar-refractivity contribution < 1.29 is 9.53 Å². The van der Waals surface area contributed by atoms with Crippen molar-refractivity contribution in [2.24, 2.45) is 4.99 Å². The maximum absolute atomic E-state index is 12.4. The van der Waals surface area contributed by atoms with E-state index in [-0.39, 0.29) is 12.0 Å². The van der Waals surface area contributed by atoms with E-state index in [1.165, 1.54) is 12.8 Å². The van der Waals surface area contributed by atoms with Crippen molar-refractivity contribution in [2.75, 3.05) is 66.5 Å². The minimum atomic E-state index is -0.206. The molecule has 2 rings (SSSR count). The number of piperazine rings is 1. The number of hydrogen-bond acceptors (Lipinski definition) is 4. The Bertz CT molecular complexity index is 429. The van der Waals surface area contributed by atoms with Gasteiger partial charge in [0.1, 0.15) is 6.10 Å². The van der Waals surface area contributed by atoms with Gasteiger partial charge in [-0.2, -0.15) is 0 Å². The van der Waals surface area contributed by atoms with E-state index in [2.05, 4.69) is 34.1 Å². The molecule has 25 heavy (non-hydrogen) atoms. The summed E-state index contributed by atoms with van der Waals surface area (Å²) in [5.41, 5.74) is 0. The van der Waals surface area contributed by atoms with Crippen molar-refractivity contribution in [1.29, 1.82) is 0 Å². The maximum Gasteiger partial charge on any atom is 0.251 e. The van der Waals surface area contributed by atoms with Gasteiger partial charge in [0, 0.05) is 52.9 Å². The summed E-state index contributed by atoms with van der Waals surface area (Å²) in [6, 6.07) is 0. The number of hydrogen-bond donors (Lipinski definition) is 1. The molecule has 7 nitrogen and oxygen atoms in total. The number of amides is 1. The fraction of sp³-hybridized carbons (Fsp3) is 0.889. The summed E-state index contributed by atoms with van der Waals surface area (Å²) >= 11 is 0. The summed E-state index contributed by atoms with van der Waals surface area (Å²) in [6.45, 7) is 9.12. The molecule has 2 aliphatic heterocycles. The fourth-order valence-corrected chi connectivity index (χ4v) is 3.35. The normalized spacial score (nSPS) is 21.9. The van der Waals surface area contributed by atoms with Crippen molar-refractivity contribution in [3.8, 4) is 0 Å². The molecule has 0 aliphatic carbocycles. The van der Waals surface area contributed by atoms with Gasteiger partial charge >= 0.3 is 0 Å². The van der Waals surface area contributed by atoms with E-state index in [0.717, 1.165) is 71.2 Å². The number of guanidine groups is 1. The predicted octanol–water partition coefficient (Wildman–Crippen LogP) is 0.617. The van der Waals surface area contributed by atoms with Crippen molar-refractivity contribution in [2.45, 2.75) is 38.7 Å². The average molecular weight is 354 g/mol. The lowest BCUT2D eigenvalue weighted by Gasteiger charge is -2.37. The molecular formula is C18H35N5O2. The molecule has 1 unspecified atom stereocenters. The number of carbonyl (C=O) groups is 1. The zero-order valence-electron chi connectivity index (χ0n) is 16.2. The van der Waals surface area contributed by atoms with E-state index in [9.17, 15) is 4.79 Å². The minimum Gasteiger partial charge on any atom is -0.368 e. The van der Waals surface area contributed by atoms with E-state index in [1.54, 1.807) is 0 Å². The van der Waals surface area contributed by atoms with Crippen molar-refractivity contribution in [3.05, 3.63) is 0 Å². The second kappa shape index (κ2) is 10.6. The third-order valence-corrected chi connectivity index (χ3v) is 4.98. The molecule has 0 aromatic rings. The molecule has 1 amide bonds. The largest absolute Gasteiger partial charge is 0.368 e. The Balaban J connectivity index is 1.69. The molecule has 0 radical (unpaired) electrons. The van der Waals surface area contributed by atoms with Crippen molar-refractivity contribution >= 4 is 11.9 Å². The number of aliphatic imine (C=N–C) groups is 1. The van der Waals surface area contributed by atoms with Gasteiger partial charge in [0.2, 0.25) is 0 Å². The van der Waals surface area contributed by atoms with Gasteiger partial charge in [-0.1, -0.05) is 13.3 Å². The van der Waals surface area contributed by atoms with Crippen LogP contribution in [0.5, 0.6) is 0 Å². The summed E-state index contributed by atoms with van der Waals surface area (Å²) in [5, 5.41) is 3.45. The Morgan fingerprint density at radius 1 is 1.24 bits per heavy atom. The number of carbonyl (C=O) groups excluding carboxylic acids is 1. The van der Waals surface area contributed by atoms with Crippen LogP contribution in [-0.2, 0) is 9.53 Å². The number of likely N-dealkylation sites (N-methyl/N-ethyl adjacent to an activating group) is 1. The van der Waals surface area contributed by atoms with Gasteiger partial charge in [0.15, 0.2) is 5.96 Å². The average Bonchev–Trinajstić information content (AvgIpc) is 3.18. The Kier molecular flexibility index (Phi) is 8.48. The number of nitrogens with one attached hydrogen (secondary N) is 1. The van der Waals surface area contributed by atoms with Gasteiger partial charge in [0.25, 0.3) is 5.91 Å². The zero-order valence-corrected chi connectivity index (χ0v) is 16.2. The molecule has 2 fully saturated rings. The molecule has 2 saturated heterocycles. The molecule has 1 N–H and O–H groups in total. The molecular weight excluding hydrogens is 318 g/mol. The van der Waals surface area contributed by atoms with Crippen molar-refractivity contribution in [3.63, 3.8) is 0 Å².